The molecule has 232 valence electrons. The molecular formula is C38H46N2O4. The van der Waals surface area contributed by atoms with Crippen LogP contribution in [0.2, 0.25) is 0 Å². The van der Waals surface area contributed by atoms with Gasteiger partial charge in [-0.05, 0) is 64.8 Å². The topological polar surface area (TPSA) is 85.0 Å². The van der Waals surface area contributed by atoms with Crippen molar-refractivity contribution in [1.82, 2.24) is 4.90 Å². The highest BCUT2D eigenvalue weighted by Gasteiger charge is 2.19. The number of rotatable bonds is 12. The van der Waals surface area contributed by atoms with Crippen LogP contribution in [-0.2, 0) is 28.7 Å². The lowest BCUT2D eigenvalue weighted by Gasteiger charge is -2.26. The first kappa shape index (κ1) is 32.8. The van der Waals surface area contributed by atoms with Crippen molar-refractivity contribution in [2.45, 2.75) is 77.9 Å². The normalized spacial score (nSPS) is 12.6. The molecule has 6 nitrogen and oxygen atoms in total. The predicted molar refractivity (Wildman–Crippen MR) is 178 cm³/mol. The summed E-state index contributed by atoms with van der Waals surface area (Å²) in [6.45, 7) is 14.7. The Balaban J connectivity index is 1.56. The Kier molecular flexibility index (Phi) is 10.5. The highest BCUT2D eigenvalue weighted by atomic mass is 16.5. The van der Waals surface area contributed by atoms with Gasteiger partial charge in [-0.25, -0.2) is 0 Å². The first-order chi connectivity index (χ1) is 20.8. The van der Waals surface area contributed by atoms with Crippen molar-refractivity contribution in [1.29, 1.82) is 0 Å². The van der Waals surface area contributed by atoms with Crippen LogP contribution in [0.15, 0.2) is 97.1 Å². The molecule has 0 aromatic heterocycles. The third-order valence-electron chi connectivity index (χ3n) is 7.70. The van der Waals surface area contributed by atoms with E-state index in [9.17, 15) is 9.90 Å². The molecule has 3 N–H and O–H groups in total. The number of aliphatic carboxylic acids is 1. The van der Waals surface area contributed by atoms with Crippen LogP contribution >= 0.6 is 0 Å². The number of nitrogens with zero attached hydrogens (tertiary/aromatic N) is 1. The van der Waals surface area contributed by atoms with Gasteiger partial charge in [0.25, 0.3) is 0 Å². The number of carboxylic acid groups (broad SMARTS) is 1. The number of hydrogen-bond acceptors (Lipinski definition) is 5. The van der Waals surface area contributed by atoms with Gasteiger partial charge in [0.2, 0.25) is 0 Å². The smallest absolute Gasteiger partial charge is 0.320 e. The van der Waals surface area contributed by atoms with E-state index in [1.165, 1.54) is 11.1 Å². The molecule has 0 aliphatic heterocycles. The zero-order valence-corrected chi connectivity index (χ0v) is 26.8. The van der Waals surface area contributed by atoms with E-state index in [1.54, 1.807) is 0 Å². The summed E-state index contributed by atoms with van der Waals surface area (Å²) in [6, 6.07) is 31.4. The van der Waals surface area contributed by atoms with Crippen LogP contribution in [0.4, 0.5) is 0 Å². The van der Waals surface area contributed by atoms with Crippen LogP contribution < -0.4 is 15.2 Å². The average Bonchev–Trinajstić information content (AvgIpc) is 2.97. The lowest BCUT2D eigenvalue weighted by Crippen LogP contribution is -2.35. The fourth-order valence-corrected chi connectivity index (χ4v) is 4.91. The van der Waals surface area contributed by atoms with Crippen LogP contribution in [0.3, 0.4) is 0 Å². The highest BCUT2D eigenvalue weighted by Crippen LogP contribution is 2.32. The van der Waals surface area contributed by atoms with Crippen LogP contribution in [0, 0.1) is 0 Å². The molecule has 0 spiro atoms. The summed E-state index contributed by atoms with van der Waals surface area (Å²) in [5, 5.41) is 9.45. The largest absolute Gasteiger partial charge is 0.480 e. The third kappa shape index (κ3) is 9.18. The Bertz CT molecular complexity index is 1410. The van der Waals surface area contributed by atoms with Gasteiger partial charge in [-0.1, -0.05) is 102 Å². The fraction of sp³-hybridized carbons (Fsp3) is 0.342. The second-order valence-electron chi connectivity index (χ2n) is 13.4. The van der Waals surface area contributed by atoms with Crippen molar-refractivity contribution < 1.29 is 19.4 Å². The number of para-hydroxylation sites is 2. The molecule has 0 fully saturated rings. The van der Waals surface area contributed by atoms with Crippen molar-refractivity contribution in [2.75, 3.05) is 6.54 Å². The first-order valence-corrected chi connectivity index (χ1v) is 15.2. The maximum absolute atomic E-state index is 11.5. The summed E-state index contributed by atoms with van der Waals surface area (Å²) < 4.78 is 12.7. The van der Waals surface area contributed by atoms with E-state index in [-0.39, 0.29) is 10.8 Å². The van der Waals surface area contributed by atoms with E-state index in [1.807, 2.05) is 72.8 Å². The molecule has 0 saturated heterocycles. The summed E-state index contributed by atoms with van der Waals surface area (Å²) in [5.41, 5.74) is 10.5. The quantitative estimate of drug-likeness (QED) is 0.171. The van der Waals surface area contributed by atoms with Gasteiger partial charge >= 0.3 is 5.97 Å². The molecular weight excluding hydrogens is 548 g/mol. The molecule has 0 radical (unpaired) electrons. The summed E-state index contributed by atoms with van der Waals surface area (Å²) >= 11 is 0. The zero-order valence-electron chi connectivity index (χ0n) is 26.8. The molecule has 4 aromatic carbocycles. The molecule has 4 rings (SSSR count). The molecule has 44 heavy (non-hydrogen) atoms. The second-order valence-corrected chi connectivity index (χ2v) is 13.4. The van der Waals surface area contributed by atoms with Gasteiger partial charge in [-0.15, -0.1) is 0 Å². The van der Waals surface area contributed by atoms with Crippen molar-refractivity contribution in [2.24, 2.45) is 5.73 Å². The number of carbonyl (C=O) groups is 1. The minimum Gasteiger partial charge on any atom is -0.480 e. The van der Waals surface area contributed by atoms with Crippen LogP contribution in [-0.4, -0.2) is 28.6 Å². The van der Waals surface area contributed by atoms with Crippen LogP contribution in [0.1, 0.15) is 70.2 Å². The average molecular weight is 595 g/mol. The maximum atomic E-state index is 11.5. The van der Waals surface area contributed by atoms with Gasteiger partial charge < -0.3 is 20.3 Å². The van der Waals surface area contributed by atoms with Crippen LogP contribution in [0.5, 0.6) is 23.0 Å². The molecule has 0 heterocycles. The second kappa shape index (κ2) is 14.1. The third-order valence-corrected chi connectivity index (χ3v) is 7.70. The molecule has 0 saturated carbocycles. The van der Waals surface area contributed by atoms with E-state index in [0.717, 1.165) is 34.1 Å². The molecule has 0 bridgehead atoms. The van der Waals surface area contributed by atoms with Gasteiger partial charge in [0.1, 0.15) is 29.0 Å². The Morgan fingerprint density at radius 2 is 1.07 bits per heavy atom. The highest BCUT2D eigenvalue weighted by molar-refractivity contribution is 5.73. The van der Waals surface area contributed by atoms with Crippen molar-refractivity contribution in [3.05, 3.63) is 119 Å². The Hall–Kier alpha value is -4.13. The van der Waals surface area contributed by atoms with Crippen molar-refractivity contribution >= 4 is 5.97 Å². The van der Waals surface area contributed by atoms with Crippen LogP contribution in [0.25, 0.3) is 0 Å². The molecule has 1 atom stereocenters. The van der Waals surface area contributed by atoms with Gasteiger partial charge in [-0.2, -0.15) is 0 Å². The zero-order chi connectivity index (χ0) is 31.9. The van der Waals surface area contributed by atoms with E-state index < -0.39 is 12.0 Å². The molecule has 0 aliphatic carbocycles. The Labute approximate surface area is 262 Å². The minimum atomic E-state index is -1.00. The van der Waals surface area contributed by atoms with E-state index in [4.69, 9.17) is 15.2 Å². The lowest BCUT2D eigenvalue weighted by atomic mass is 9.87. The van der Waals surface area contributed by atoms with Gasteiger partial charge in [-0.3, -0.25) is 9.69 Å². The lowest BCUT2D eigenvalue weighted by molar-refractivity contribution is -0.138. The molecule has 6 heteroatoms. The van der Waals surface area contributed by atoms with Crippen molar-refractivity contribution in [3.63, 3.8) is 0 Å². The fourth-order valence-electron chi connectivity index (χ4n) is 4.91. The number of hydrogen-bond donors (Lipinski definition) is 2. The molecule has 0 unspecified atom stereocenters. The SMILES string of the molecule is CC(C)(C)c1ccc(Oc2ccccc2CN(CC[C@H](N)C(=O)O)Cc2ccccc2Oc2ccc(C(C)(C)C)cc2)cc1. The van der Waals surface area contributed by atoms with Gasteiger partial charge in [0.05, 0.1) is 0 Å². The first-order valence-electron chi connectivity index (χ1n) is 15.2. The number of nitrogens with two attached hydrogens (primary N) is 1. The number of ether oxygens (including phenoxy) is 2. The Morgan fingerprint density at radius 3 is 1.43 bits per heavy atom. The monoisotopic (exact) mass is 594 g/mol. The summed E-state index contributed by atoms with van der Waals surface area (Å²) in [4.78, 5) is 13.7. The standard InChI is InChI=1S/C38H46N2O4/c1-37(2,3)29-15-19-31(20-16-29)43-34-13-9-7-11-27(34)25-40(24-23-33(39)36(41)42)26-28-12-8-10-14-35(28)44-32-21-17-30(18-22-32)38(4,5)6/h7-22,33H,23-26,39H2,1-6H3,(H,41,42)/t33-/m0/s1. The Morgan fingerprint density at radius 1 is 0.682 bits per heavy atom. The predicted octanol–water partition coefficient (Wildman–Crippen LogP) is 8.67. The van der Waals surface area contributed by atoms with E-state index in [2.05, 4.69) is 70.7 Å². The minimum absolute atomic E-state index is 0.0592. The molecule has 4 aromatic rings. The molecule has 0 amide bonds. The van der Waals surface area contributed by atoms with Gasteiger partial charge in [0.15, 0.2) is 0 Å². The van der Waals surface area contributed by atoms with Gasteiger partial charge in [0, 0.05) is 30.8 Å². The molecule has 0 aliphatic rings. The van der Waals surface area contributed by atoms with Crippen molar-refractivity contribution in [3.8, 4) is 23.0 Å². The van der Waals surface area contributed by atoms with E-state index in [0.29, 0.717) is 26.1 Å². The van der Waals surface area contributed by atoms with E-state index >= 15 is 0 Å². The summed E-state index contributed by atoms with van der Waals surface area (Å²) in [7, 11) is 0. The summed E-state index contributed by atoms with van der Waals surface area (Å²) in [6.07, 6.45) is 0.309. The number of carboxylic acids is 1. The summed E-state index contributed by atoms with van der Waals surface area (Å²) in [5.74, 6) is 2.04. The maximum Gasteiger partial charge on any atom is 0.320 e. The number of benzene rings is 4.